The van der Waals surface area contributed by atoms with Crippen molar-refractivity contribution in [3.63, 3.8) is 0 Å². The predicted octanol–water partition coefficient (Wildman–Crippen LogP) is 15.0. The summed E-state index contributed by atoms with van der Waals surface area (Å²) in [5, 5.41) is 2.60. The van der Waals surface area contributed by atoms with Crippen molar-refractivity contribution in [2.45, 2.75) is 75.7 Å². The fourth-order valence-electron chi connectivity index (χ4n) is 10.6. The van der Waals surface area contributed by atoms with Gasteiger partial charge in [-0.2, -0.15) is 0 Å². The molecule has 2 fully saturated rings. The summed E-state index contributed by atoms with van der Waals surface area (Å²) in [7, 11) is 0. The second-order valence-electron chi connectivity index (χ2n) is 16.6. The Balaban J connectivity index is 0.996. The molecule has 3 aliphatic rings. The van der Waals surface area contributed by atoms with Crippen LogP contribution in [0.25, 0.3) is 60.9 Å². The highest BCUT2D eigenvalue weighted by molar-refractivity contribution is 6.10. The average Bonchev–Trinajstić information content (AvgIpc) is 3.79. The number of fused-ring (bicyclic) bond motifs is 6. The number of aromatic nitrogens is 1. The summed E-state index contributed by atoms with van der Waals surface area (Å²) in [6.07, 6.45) is 11.8. The molecule has 0 N–H and O–H groups in total. The molecule has 7 aromatic carbocycles. The molecule has 2 atom stereocenters. The van der Waals surface area contributed by atoms with Gasteiger partial charge < -0.3 is 9.47 Å². The Morgan fingerprint density at radius 3 is 1.82 bits per heavy atom. The highest BCUT2D eigenvalue weighted by atomic mass is 15.2. The lowest BCUT2D eigenvalue weighted by Gasteiger charge is -2.34. The van der Waals surface area contributed by atoms with E-state index in [1.54, 1.807) is 0 Å². The van der Waals surface area contributed by atoms with Crippen molar-refractivity contribution in [3.05, 3.63) is 175 Å². The molecule has 274 valence electrons. The number of para-hydroxylation sites is 1. The standard InChI is InChI=1S/C54H48N2/c1-4-14-37(15-5-1)40-24-28-45(29-25-40)55-51-22-12-10-20-47(51)49-35-41(26-30-53(49)55)42-27-31-54-50(36-42)48-21-11-13-23-52(48)56(54)46-33-43(38-16-6-2-7-17-38)32-44(34-46)39-18-8-3-9-19-39/h1-2,4-7,10,12,14-17,20,22,24-36,39,48,52H,3,8-9,11,13,18-19,21,23H2. The first kappa shape index (κ1) is 33.5. The number of nitrogens with zero attached hydrogens (tertiary/aromatic N) is 2. The lowest BCUT2D eigenvalue weighted by atomic mass is 9.81. The summed E-state index contributed by atoms with van der Waals surface area (Å²) in [4.78, 5) is 2.77. The predicted molar refractivity (Wildman–Crippen MR) is 236 cm³/mol. The van der Waals surface area contributed by atoms with Gasteiger partial charge in [0.2, 0.25) is 0 Å². The van der Waals surface area contributed by atoms with E-state index in [-0.39, 0.29) is 0 Å². The number of hydrogen-bond acceptors (Lipinski definition) is 1. The van der Waals surface area contributed by atoms with Crippen LogP contribution in [0.5, 0.6) is 0 Å². The van der Waals surface area contributed by atoms with Crippen LogP contribution in [0.1, 0.15) is 80.8 Å². The molecule has 0 bridgehead atoms. The van der Waals surface area contributed by atoms with Crippen LogP contribution in [0.3, 0.4) is 0 Å². The van der Waals surface area contributed by atoms with Gasteiger partial charge in [-0.3, -0.25) is 0 Å². The van der Waals surface area contributed by atoms with Gasteiger partial charge >= 0.3 is 0 Å². The SMILES string of the molecule is c1ccc(-c2ccc(-n3c4ccccc4c4cc(-c5ccc6c(c5)C5CCCCC5N6c5cc(-c6ccccc6)cc(C6CCCCC6)c5)ccc43)cc2)cc1. The lowest BCUT2D eigenvalue weighted by Crippen LogP contribution is -2.32. The van der Waals surface area contributed by atoms with Gasteiger partial charge in [-0.15, -0.1) is 0 Å². The van der Waals surface area contributed by atoms with Crippen LogP contribution in [-0.4, -0.2) is 10.6 Å². The molecule has 2 heterocycles. The molecule has 11 rings (SSSR count). The molecule has 2 heteroatoms. The van der Waals surface area contributed by atoms with Crippen molar-refractivity contribution in [3.8, 4) is 39.1 Å². The zero-order chi connectivity index (χ0) is 37.0. The fraction of sp³-hybridized carbons (Fsp3) is 0.222. The Kier molecular flexibility index (Phi) is 8.38. The van der Waals surface area contributed by atoms with Gasteiger partial charge in [-0.05, 0) is 131 Å². The summed E-state index contributed by atoms with van der Waals surface area (Å²) in [5.74, 6) is 1.22. The van der Waals surface area contributed by atoms with Crippen molar-refractivity contribution >= 4 is 33.2 Å². The van der Waals surface area contributed by atoms with Gasteiger partial charge in [0.1, 0.15) is 0 Å². The van der Waals surface area contributed by atoms with Gasteiger partial charge in [0, 0.05) is 39.8 Å². The van der Waals surface area contributed by atoms with Gasteiger partial charge in [0.05, 0.1) is 11.0 Å². The Morgan fingerprint density at radius 2 is 1.02 bits per heavy atom. The maximum atomic E-state index is 2.77. The second kappa shape index (κ2) is 14.0. The normalized spacial score (nSPS) is 18.3. The minimum absolute atomic E-state index is 0.507. The summed E-state index contributed by atoms with van der Waals surface area (Å²) in [6.45, 7) is 0. The molecule has 2 saturated carbocycles. The average molecular weight is 725 g/mol. The third-order valence-corrected chi connectivity index (χ3v) is 13.4. The monoisotopic (exact) mass is 724 g/mol. The van der Waals surface area contributed by atoms with Crippen LogP contribution < -0.4 is 4.90 Å². The zero-order valence-corrected chi connectivity index (χ0v) is 32.1. The highest BCUT2D eigenvalue weighted by Gasteiger charge is 2.41. The third-order valence-electron chi connectivity index (χ3n) is 13.4. The van der Waals surface area contributed by atoms with Crippen molar-refractivity contribution in [1.29, 1.82) is 0 Å². The van der Waals surface area contributed by atoms with Gasteiger partial charge in [0.25, 0.3) is 0 Å². The summed E-state index contributed by atoms with van der Waals surface area (Å²) < 4.78 is 2.43. The molecule has 0 radical (unpaired) electrons. The van der Waals surface area contributed by atoms with E-state index in [0.29, 0.717) is 17.9 Å². The number of anilines is 2. The smallest absolute Gasteiger partial charge is 0.0541 e. The van der Waals surface area contributed by atoms with Crippen LogP contribution in [-0.2, 0) is 0 Å². The van der Waals surface area contributed by atoms with E-state index in [9.17, 15) is 0 Å². The fourth-order valence-corrected chi connectivity index (χ4v) is 10.6. The third kappa shape index (κ3) is 5.77. The van der Waals surface area contributed by atoms with Gasteiger partial charge in [0.15, 0.2) is 0 Å². The van der Waals surface area contributed by atoms with Gasteiger partial charge in [-0.1, -0.05) is 141 Å². The van der Waals surface area contributed by atoms with Crippen LogP contribution >= 0.6 is 0 Å². The molecule has 8 aromatic rings. The van der Waals surface area contributed by atoms with E-state index in [2.05, 4.69) is 173 Å². The molecule has 2 nitrogen and oxygen atoms in total. The minimum atomic E-state index is 0.507. The molecule has 1 aliphatic heterocycles. The molecule has 1 aromatic heterocycles. The topological polar surface area (TPSA) is 8.17 Å². The van der Waals surface area contributed by atoms with Crippen LogP contribution in [0.4, 0.5) is 11.4 Å². The zero-order valence-electron chi connectivity index (χ0n) is 32.1. The molecule has 0 spiro atoms. The Morgan fingerprint density at radius 1 is 0.393 bits per heavy atom. The Hall–Kier alpha value is -5.86. The summed E-state index contributed by atoms with van der Waals surface area (Å²) in [5.41, 5.74) is 17.3. The molecule has 0 amide bonds. The molecular formula is C54H48N2. The van der Waals surface area contributed by atoms with Gasteiger partial charge in [-0.25, -0.2) is 0 Å². The first-order valence-electron chi connectivity index (χ1n) is 21.1. The van der Waals surface area contributed by atoms with E-state index in [1.807, 2.05) is 0 Å². The molecule has 2 aliphatic carbocycles. The summed E-state index contributed by atoms with van der Waals surface area (Å²) >= 11 is 0. The second-order valence-corrected chi connectivity index (χ2v) is 16.6. The first-order chi connectivity index (χ1) is 27.8. The van der Waals surface area contributed by atoms with E-state index in [1.165, 1.54) is 141 Å². The van der Waals surface area contributed by atoms with E-state index in [0.717, 1.165) is 0 Å². The number of benzene rings is 7. The molecule has 2 unspecified atom stereocenters. The first-order valence-corrected chi connectivity index (χ1v) is 21.1. The maximum absolute atomic E-state index is 2.77. The van der Waals surface area contributed by atoms with Crippen molar-refractivity contribution in [2.24, 2.45) is 0 Å². The quantitative estimate of drug-likeness (QED) is 0.166. The Labute approximate surface area is 331 Å². The van der Waals surface area contributed by atoms with E-state index in [4.69, 9.17) is 0 Å². The molecule has 0 saturated heterocycles. The van der Waals surface area contributed by atoms with Crippen molar-refractivity contribution in [1.82, 2.24) is 4.57 Å². The van der Waals surface area contributed by atoms with Crippen LogP contribution in [0.15, 0.2) is 164 Å². The maximum Gasteiger partial charge on any atom is 0.0541 e. The van der Waals surface area contributed by atoms with E-state index < -0.39 is 0 Å². The number of rotatable bonds is 6. The van der Waals surface area contributed by atoms with Crippen LogP contribution in [0, 0.1) is 0 Å². The summed E-state index contributed by atoms with van der Waals surface area (Å²) in [6, 6.07) is 62.3. The minimum Gasteiger partial charge on any atom is -0.337 e. The van der Waals surface area contributed by atoms with Crippen molar-refractivity contribution in [2.75, 3.05) is 4.90 Å². The molecule has 56 heavy (non-hydrogen) atoms. The number of hydrogen-bond donors (Lipinski definition) is 0. The van der Waals surface area contributed by atoms with Crippen molar-refractivity contribution < 1.29 is 0 Å². The largest absolute Gasteiger partial charge is 0.337 e. The lowest BCUT2D eigenvalue weighted by molar-refractivity contribution is 0.402. The van der Waals surface area contributed by atoms with Crippen LogP contribution in [0.2, 0.25) is 0 Å². The Bertz CT molecular complexity index is 2680. The molecular weight excluding hydrogens is 677 g/mol. The van der Waals surface area contributed by atoms with E-state index >= 15 is 0 Å². The highest BCUT2D eigenvalue weighted by Crippen LogP contribution is 2.53.